The van der Waals surface area contributed by atoms with Crippen molar-refractivity contribution in [1.82, 2.24) is 4.98 Å². The van der Waals surface area contributed by atoms with Gasteiger partial charge in [-0.25, -0.2) is 14.6 Å². The molecule has 0 bridgehead atoms. The minimum atomic E-state index is -1.34. The van der Waals surface area contributed by atoms with E-state index in [9.17, 15) is 14.4 Å². The Morgan fingerprint density at radius 1 is 1.15 bits per heavy atom. The Labute approximate surface area is 114 Å². The van der Waals surface area contributed by atoms with Gasteiger partial charge in [-0.15, -0.1) is 0 Å². The van der Waals surface area contributed by atoms with Crippen LogP contribution in [0.4, 0.5) is 0 Å². The Bertz CT molecular complexity index is 467. The van der Waals surface area contributed by atoms with Crippen LogP contribution in [0.15, 0.2) is 18.3 Å². The number of aromatic nitrogens is 1. The Kier molecular flexibility index (Phi) is 6.87. The van der Waals surface area contributed by atoms with Gasteiger partial charge in [0, 0.05) is 6.20 Å². The molecule has 1 atom stereocenters. The molecule has 1 aromatic rings. The first kappa shape index (κ1) is 17.5. The number of aliphatic carboxylic acids is 1. The van der Waals surface area contributed by atoms with E-state index in [1.54, 1.807) is 13.8 Å². The number of carboxylic acid groups (broad SMARTS) is 3. The summed E-state index contributed by atoms with van der Waals surface area (Å²) in [6, 6.07) is 1.85. The zero-order valence-corrected chi connectivity index (χ0v) is 11.0. The molecule has 8 heteroatoms. The maximum atomic E-state index is 10.4. The first-order valence-corrected chi connectivity index (χ1v) is 5.58. The van der Waals surface area contributed by atoms with Crippen LogP contribution in [-0.4, -0.2) is 44.3 Å². The van der Waals surface area contributed by atoms with Crippen molar-refractivity contribution in [2.45, 2.75) is 19.9 Å². The van der Waals surface area contributed by atoms with Gasteiger partial charge in [0.25, 0.3) is 0 Å². The number of carboxylic acids is 3. The van der Waals surface area contributed by atoms with Crippen molar-refractivity contribution in [2.24, 2.45) is 11.7 Å². The molecular formula is C12H16N2O6. The SMILES string of the molecule is CC(C)[C@H](N)C(=O)O.O=C(O)c1cccnc1C(=O)O. The molecule has 0 saturated carbocycles. The van der Waals surface area contributed by atoms with Crippen LogP contribution in [-0.2, 0) is 4.79 Å². The topological polar surface area (TPSA) is 151 Å². The standard InChI is InChI=1S/C7H5NO4.C5H11NO2/c9-6(10)4-2-1-3-8-5(4)7(11)12;1-3(2)4(6)5(7)8/h1-3H,(H,9,10)(H,11,12);3-4H,6H2,1-2H3,(H,7,8)/t;4-/m.0/s1. The summed E-state index contributed by atoms with van der Waals surface area (Å²) in [6.07, 6.45) is 1.23. The Morgan fingerprint density at radius 3 is 1.95 bits per heavy atom. The fraction of sp³-hybridized carbons (Fsp3) is 0.333. The molecule has 1 heterocycles. The van der Waals surface area contributed by atoms with Crippen LogP contribution >= 0.6 is 0 Å². The van der Waals surface area contributed by atoms with Crippen molar-refractivity contribution in [3.63, 3.8) is 0 Å². The summed E-state index contributed by atoms with van der Waals surface area (Å²) >= 11 is 0. The van der Waals surface area contributed by atoms with E-state index in [2.05, 4.69) is 4.98 Å². The number of carbonyl (C=O) groups is 3. The fourth-order valence-electron chi connectivity index (χ4n) is 1.03. The van der Waals surface area contributed by atoms with Crippen molar-refractivity contribution in [2.75, 3.05) is 0 Å². The predicted molar refractivity (Wildman–Crippen MR) is 68.6 cm³/mol. The molecule has 0 amide bonds. The van der Waals surface area contributed by atoms with Crippen molar-refractivity contribution in [3.05, 3.63) is 29.6 Å². The van der Waals surface area contributed by atoms with Crippen LogP contribution in [0.1, 0.15) is 34.7 Å². The molecule has 5 N–H and O–H groups in total. The van der Waals surface area contributed by atoms with Gasteiger partial charge in [0.2, 0.25) is 0 Å². The molecule has 0 spiro atoms. The lowest BCUT2D eigenvalue weighted by atomic mass is 10.1. The molecular weight excluding hydrogens is 268 g/mol. The lowest BCUT2D eigenvalue weighted by Crippen LogP contribution is -2.34. The highest BCUT2D eigenvalue weighted by Gasteiger charge is 2.15. The van der Waals surface area contributed by atoms with E-state index in [0.29, 0.717) is 0 Å². The molecule has 0 radical (unpaired) electrons. The van der Waals surface area contributed by atoms with Gasteiger partial charge in [-0.3, -0.25) is 4.79 Å². The molecule has 0 saturated heterocycles. The van der Waals surface area contributed by atoms with E-state index in [1.165, 1.54) is 18.3 Å². The van der Waals surface area contributed by atoms with Gasteiger partial charge in [0.1, 0.15) is 6.04 Å². The highest BCUT2D eigenvalue weighted by atomic mass is 16.4. The van der Waals surface area contributed by atoms with Gasteiger partial charge in [0.05, 0.1) is 5.56 Å². The number of aromatic carboxylic acids is 2. The minimum Gasteiger partial charge on any atom is -0.480 e. The number of hydrogen-bond donors (Lipinski definition) is 4. The highest BCUT2D eigenvalue weighted by molar-refractivity contribution is 6.00. The average molecular weight is 284 g/mol. The average Bonchev–Trinajstić information content (AvgIpc) is 2.38. The number of rotatable bonds is 4. The Hall–Kier alpha value is -2.48. The van der Waals surface area contributed by atoms with E-state index in [0.717, 1.165) is 0 Å². The Morgan fingerprint density at radius 2 is 1.70 bits per heavy atom. The van der Waals surface area contributed by atoms with Crippen molar-refractivity contribution < 1.29 is 29.7 Å². The largest absolute Gasteiger partial charge is 0.480 e. The van der Waals surface area contributed by atoms with Gasteiger partial charge >= 0.3 is 17.9 Å². The Balaban J connectivity index is 0.000000396. The van der Waals surface area contributed by atoms with E-state index in [4.69, 9.17) is 21.1 Å². The highest BCUT2D eigenvalue weighted by Crippen LogP contribution is 2.04. The van der Waals surface area contributed by atoms with E-state index in [1.807, 2.05) is 0 Å². The van der Waals surface area contributed by atoms with Gasteiger partial charge in [-0.1, -0.05) is 13.8 Å². The van der Waals surface area contributed by atoms with Crippen molar-refractivity contribution >= 4 is 17.9 Å². The third-order valence-electron chi connectivity index (χ3n) is 2.24. The van der Waals surface area contributed by atoms with Crippen LogP contribution < -0.4 is 5.73 Å². The summed E-state index contributed by atoms with van der Waals surface area (Å²) in [5.41, 5.74) is 4.42. The molecule has 0 fully saturated rings. The molecule has 8 nitrogen and oxygen atoms in total. The summed E-state index contributed by atoms with van der Waals surface area (Å²) in [6.45, 7) is 3.55. The second kappa shape index (κ2) is 7.85. The van der Waals surface area contributed by atoms with Crippen LogP contribution in [0.5, 0.6) is 0 Å². The molecule has 0 aliphatic carbocycles. The van der Waals surface area contributed by atoms with Gasteiger partial charge in [0.15, 0.2) is 5.69 Å². The summed E-state index contributed by atoms with van der Waals surface area (Å²) in [4.78, 5) is 34.3. The van der Waals surface area contributed by atoms with E-state index >= 15 is 0 Å². The van der Waals surface area contributed by atoms with Crippen molar-refractivity contribution in [1.29, 1.82) is 0 Å². The monoisotopic (exact) mass is 284 g/mol. The fourth-order valence-corrected chi connectivity index (χ4v) is 1.03. The van der Waals surface area contributed by atoms with E-state index in [-0.39, 0.29) is 11.5 Å². The smallest absolute Gasteiger partial charge is 0.355 e. The molecule has 0 aliphatic heterocycles. The summed E-state index contributed by atoms with van der Waals surface area (Å²) < 4.78 is 0. The first-order chi connectivity index (χ1) is 9.18. The summed E-state index contributed by atoms with van der Waals surface area (Å²) in [5.74, 6) is -3.54. The first-order valence-electron chi connectivity index (χ1n) is 5.58. The quantitative estimate of drug-likeness (QED) is 0.625. The maximum absolute atomic E-state index is 10.4. The van der Waals surface area contributed by atoms with Gasteiger partial charge in [-0.2, -0.15) is 0 Å². The molecule has 110 valence electrons. The number of hydrogen-bond acceptors (Lipinski definition) is 5. The zero-order valence-electron chi connectivity index (χ0n) is 11.0. The lowest BCUT2D eigenvalue weighted by molar-refractivity contribution is -0.139. The molecule has 0 aliphatic rings. The summed E-state index contributed by atoms with van der Waals surface area (Å²) in [7, 11) is 0. The lowest BCUT2D eigenvalue weighted by Gasteiger charge is -2.07. The second-order valence-corrected chi connectivity index (χ2v) is 4.12. The van der Waals surface area contributed by atoms with Gasteiger partial charge in [-0.05, 0) is 18.1 Å². The van der Waals surface area contributed by atoms with Crippen LogP contribution in [0, 0.1) is 5.92 Å². The van der Waals surface area contributed by atoms with Crippen molar-refractivity contribution in [3.8, 4) is 0 Å². The normalized spacial score (nSPS) is 11.2. The minimum absolute atomic E-state index is 0.0208. The predicted octanol–water partition coefficient (Wildman–Crippen LogP) is 0.532. The van der Waals surface area contributed by atoms with Crippen LogP contribution in [0.25, 0.3) is 0 Å². The van der Waals surface area contributed by atoms with E-state index < -0.39 is 29.6 Å². The number of pyridine rings is 1. The third kappa shape index (κ3) is 5.44. The third-order valence-corrected chi connectivity index (χ3v) is 2.24. The van der Waals surface area contributed by atoms with Crippen LogP contribution in [0.3, 0.4) is 0 Å². The number of nitrogens with two attached hydrogens (primary N) is 1. The molecule has 1 rings (SSSR count). The zero-order chi connectivity index (χ0) is 15.9. The maximum Gasteiger partial charge on any atom is 0.355 e. The number of nitrogens with zero attached hydrogens (tertiary/aromatic N) is 1. The van der Waals surface area contributed by atoms with Crippen LogP contribution in [0.2, 0.25) is 0 Å². The molecule has 20 heavy (non-hydrogen) atoms. The summed E-state index contributed by atoms with van der Waals surface area (Å²) in [5, 5.41) is 25.2. The molecule has 0 aromatic carbocycles. The second-order valence-electron chi connectivity index (χ2n) is 4.12. The molecule has 0 unspecified atom stereocenters. The van der Waals surface area contributed by atoms with Gasteiger partial charge < -0.3 is 21.1 Å². The molecule has 1 aromatic heterocycles.